The summed E-state index contributed by atoms with van der Waals surface area (Å²) in [5, 5.41) is 5.27. The minimum atomic E-state index is 0.0360. The van der Waals surface area contributed by atoms with Gasteiger partial charge in [0.1, 0.15) is 5.82 Å². The van der Waals surface area contributed by atoms with Gasteiger partial charge in [0.15, 0.2) is 0 Å². The number of aromatic nitrogens is 3. The molecule has 25 heavy (non-hydrogen) atoms. The van der Waals surface area contributed by atoms with Crippen molar-refractivity contribution in [3.05, 3.63) is 61.5 Å². The molecule has 0 unspecified atom stereocenters. The van der Waals surface area contributed by atoms with Gasteiger partial charge < -0.3 is 4.90 Å². The second-order valence-electron chi connectivity index (χ2n) is 5.94. The molecule has 1 heterocycles. The third-order valence-electron chi connectivity index (χ3n) is 3.93. The quantitative estimate of drug-likeness (QED) is 0.511. The summed E-state index contributed by atoms with van der Waals surface area (Å²) >= 11 is 1.38. The minimum absolute atomic E-state index is 0.0360. The lowest BCUT2D eigenvalue weighted by atomic mass is 10.3. The van der Waals surface area contributed by atoms with Crippen molar-refractivity contribution in [2.45, 2.75) is 23.9 Å². The van der Waals surface area contributed by atoms with Gasteiger partial charge in [-0.3, -0.25) is 4.79 Å². The summed E-state index contributed by atoms with van der Waals surface area (Å²) in [6, 6.07) is 10.0. The zero-order valence-corrected chi connectivity index (χ0v) is 15.0. The Morgan fingerprint density at radius 3 is 2.52 bits per heavy atom. The molecular weight excluding hydrogens is 332 g/mol. The Balaban J connectivity index is 1.72. The molecule has 0 atom stereocenters. The number of benzene rings is 1. The van der Waals surface area contributed by atoms with E-state index in [-0.39, 0.29) is 5.91 Å². The van der Waals surface area contributed by atoms with E-state index in [0.29, 0.717) is 29.9 Å². The molecule has 1 aliphatic rings. The van der Waals surface area contributed by atoms with E-state index in [1.807, 2.05) is 35.0 Å². The SMILES string of the molecule is C=CCN(CC=C)C(=O)CSc1nc(C2CC2)n(-c2ccccc2)n1. The summed E-state index contributed by atoms with van der Waals surface area (Å²) in [4.78, 5) is 18.7. The second-order valence-corrected chi connectivity index (χ2v) is 6.88. The van der Waals surface area contributed by atoms with Crippen LogP contribution >= 0.6 is 11.8 Å². The lowest BCUT2D eigenvalue weighted by molar-refractivity contribution is -0.127. The first-order valence-electron chi connectivity index (χ1n) is 8.37. The number of thioether (sulfide) groups is 1. The average molecular weight is 354 g/mol. The van der Waals surface area contributed by atoms with Crippen LogP contribution in [0.2, 0.25) is 0 Å². The number of rotatable bonds is 9. The fraction of sp³-hybridized carbons (Fsp3) is 0.316. The highest BCUT2D eigenvalue weighted by atomic mass is 32.2. The largest absolute Gasteiger partial charge is 0.335 e. The van der Waals surface area contributed by atoms with Crippen molar-refractivity contribution < 1.29 is 4.79 Å². The lowest BCUT2D eigenvalue weighted by Gasteiger charge is -2.18. The maximum absolute atomic E-state index is 12.4. The van der Waals surface area contributed by atoms with Gasteiger partial charge in [0.2, 0.25) is 11.1 Å². The summed E-state index contributed by atoms with van der Waals surface area (Å²) in [5.74, 6) is 1.82. The molecule has 130 valence electrons. The summed E-state index contributed by atoms with van der Waals surface area (Å²) in [5.41, 5.74) is 1.01. The second kappa shape index (κ2) is 8.16. The molecule has 0 radical (unpaired) electrons. The van der Waals surface area contributed by atoms with Crippen molar-refractivity contribution in [3.8, 4) is 5.69 Å². The first-order chi connectivity index (χ1) is 12.2. The number of hydrogen-bond acceptors (Lipinski definition) is 4. The zero-order chi connectivity index (χ0) is 17.6. The minimum Gasteiger partial charge on any atom is -0.335 e. The van der Waals surface area contributed by atoms with Crippen LogP contribution in [0.15, 0.2) is 60.8 Å². The van der Waals surface area contributed by atoms with Crippen LogP contribution in [0.4, 0.5) is 0 Å². The number of carbonyl (C=O) groups excluding carboxylic acids is 1. The molecule has 1 aliphatic carbocycles. The summed E-state index contributed by atoms with van der Waals surface area (Å²) in [6.07, 6.45) is 5.75. The molecule has 5 nitrogen and oxygen atoms in total. The Bertz CT molecular complexity index is 742. The molecule has 1 saturated carbocycles. The molecular formula is C19H22N4OS. The number of amides is 1. The van der Waals surface area contributed by atoms with Crippen LogP contribution < -0.4 is 0 Å². The Labute approximate surface area is 152 Å². The predicted molar refractivity (Wildman–Crippen MR) is 101 cm³/mol. The summed E-state index contributed by atoms with van der Waals surface area (Å²) in [7, 11) is 0. The fourth-order valence-corrected chi connectivity index (χ4v) is 3.27. The van der Waals surface area contributed by atoms with Gasteiger partial charge in [-0.05, 0) is 25.0 Å². The predicted octanol–water partition coefficient (Wildman–Crippen LogP) is 3.44. The molecule has 6 heteroatoms. The highest BCUT2D eigenvalue weighted by molar-refractivity contribution is 7.99. The molecule has 1 aromatic carbocycles. The zero-order valence-electron chi connectivity index (χ0n) is 14.2. The van der Waals surface area contributed by atoms with Crippen molar-refractivity contribution in [2.24, 2.45) is 0 Å². The lowest BCUT2D eigenvalue weighted by Crippen LogP contribution is -2.32. The molecule has 2 aromatic rings. The Hall–Kier alpha value is -2.34. The van der Waals surface area contributed by atoms with Gasteiger partial charge in [-0.15, -0.1) is 18.3 Å². The van der Waals surface area contributed by atoms with Crippen LogP contribution in [0.25, 0.3) is 5.69 Å². The van der Waals surface area contributed by atoms with E-state index >= 15 is 0 Å². The summed E-state index contributed by atoms with van der Waals surface area (Å²) < 4.78 is 1.91. The number of nitrogens with zero attached hydrogens (tertiary/aromatic N) is 4. The van der Waals surface area contributed by atoms with E-state index < -0.39 is 0 Å². The molecule has 1 aromatic heterocycles. The number of carbonyl (C=O) groups is 1. The molecule has 0 saturated heterocycles. The third-order valence-corrected chi connectivity index (χ3v) is 4.75. The fourth-order valence-electron chi connectivity index (χ4n) is 2.54. The number of hydrogen-bond donors (Lipinski definition) is 0. The molecule has 1 amide bonds. The van der Waals surface area contributed by atoms with E-state index in [4.69, 9.17) is 0 Å². The van der Waals surface area contributed by atoms with Gasteiger partial charge in [-0.2, -0.15) is 0 Å². The van der Waals surface area contributed by atoms with E-state index in [9.17, 15) is 4.79 Å². The van der Waals surface area contributed by atoms with Gasteiger partial charge in [0.05, 0.1) is 11.4 Å². The molecule has 0 N–H and O–H groups in total. The third kappa shape index (κ3) is 4.39. The smallest absolute Gasteiger partial charge is 0.233 e. The summed E-state index contributed by atoms with van der Waals surface area (Å²) in [6.45, 7) is 8.43. The van der Waals surface area contributed by atoms with Crippen molar-refractivity contribution in [1.29, 1.82) is 0 Å². The van der Waals surface area contributed by atoms with Crippen LogP contribution in [0.1, 0.15) is 24.6 Å². The van der Waals surface area contributed by atoms with Gasteiger partial charge in [0.25, 0.3) is 0 Å². The van der Waals surface area contributed by atoms with Crippen molar-refractivity contribution in [2.75, 3.05) is 18.8 Å². The Morgan fingerprint density at radius 2 is 1.92 bits per heavy atom. The Kier molecular flexibility index (Phi) is 5.71. The monoisotopic (exact) mass is 354 g/mol. The highest BCUT2D eigenvalue weighted by Crippen LogP contribution is 2.40. The van der Waals surface area contributed by atoms with Crippen LogP contribution in [-0.2, 0) is 4.79 Å². The first-order valence-corrected chi connectivity index (χ1v) is 9.36. The van der Waals surface area contributed by atoms with Gasteiger partial charge in [-0.1, -0.05) is 42.1 Å². The van der Waals surface area contributed by atoms with E-state index in [1.54, 1.807) is 17.1 Å². The number of para-hydroxylation sites is 1. The van der Waals surface area contributed by atoms with Gasteiger partial charge in [0, 0.05) is 19.0 Å². The van der Waals surface area contributed by atoms with Gasteiger partial charge in [-0.25, -0.2) is 9.67 Å². The van der Waals surface area contributed by atoms with Crippen LogP contribution in [0.5, 0.6) is 0 Å². The maximum Gasteiger partial charge on any atom is 0.233 e. The average Bonchev–Trinajstić information content (AvgIpc) is 3.40. The molecule has 0 spiro atoms. The first kappa shape index (κ1) is 17.5. The van der Waals surface area contributed by atoms with E-state index in [1.165, 1.54) is 11.8 Å². The standard InChI is InChI=1S/C19H22N4OS/c1-3-12-22(13-4-2)17(24)14-25-19-20-18(15-10-11-15)23(21-19)16-8-6-5-7-9-16/h3-9,15H,1-2,10-14H2. The maximum atomic E-state index is 12.4. The van der Waals surface area contributed by atoms with E-state index in [2.05, 4.69) is 23.2 Å². The van der Waals surface area contributed by atoms with Crippen LogP contribution in [0.3, 0.4) is 0 Å². The molecule has 0 aliphatic heterocycles. The van der Waals surface area contributed by atoms with Crippen molar-refractivity contribution >= 4 is 17.7 Å². The van der Waals surface area contributed by atoms with Crippen molar-refractivity contribution in [1.82, 2.24) is 19.7 Å². The van der Waals surface area contributed by atoms with Crippen LogP contribution in [-0.4, -0.2) is 44.4 Å². The topological polar surface area (TPSA) is 51.0 Å². The highest BCUT2D eigenvalue weighted by Gasteiger charge is 2.30. The molecule has 1 fully saturated rings. The normalized spacial score (nSPS) is 13.4. The van der Waals surface area contributed by atoms with Gasteiger partial charge >= 0.3 is 0 Å². The Morgan fingerprint density at radius 1 is 1.24 bits per heavy atom. The van der Waals surface area contributed by atoms with E-state index in [0.717, 1.165) is 24.4 Å². The van der Waals surface area contributed by atoms with Crippen LogP contribution in [0, 0.1) is 0 Å². The van der Waals surface area contributed by atoms with Crippen molar-refractivity contribution in [3.63, 3.8) is 0 Å². The molecule has 0 bridgehead atoms. The molecule has 3 rings (SSSR count).